The fourth-order valence-corrected chi connectivity index (χ4v) is 0.734. The minimum Gasteiger partial charge on any atom is -0.375 e. The average molecular weight is 189 g/mol. The van der Waals surface area contributed by atoms with E-state index in [0.29, 0.717) is 6.61 Å². The van der Waals surface area contributed by atoms with Gasteiger partial charge in [-0.1, -0.05) is 6.92 Å². The maximum absolute atomic E-state index is 5.68. The molecule has 0 heterocycles. The number of rotatable bonds is 6. The molecule has 0 rings (SSSR count). The summed E-state index contributed by atoms with van der Waals surface area (Å²) in [6.07, 6.45) is 1.82. The minimum atomic E-state index is -0.288. The number of ether oxygens (including phenoxy) is 1. The topological polar surface area (TPSA) is 44.5 Å². The maximum atomic E-state index is 5.68. The van der Waals surface area contributed by atoms with Crippen molar-refractivity contribution in [3.63, 3.8) is 0 Å². The summed E-state index contributed by atoms with van der Waals surface area (Å²) in [5, 5.41) is 0. The van der Waals surface area contributed by atoms with E-state index in [1.54, 1.807) is 0 Å². The van der Waals surface area contributed by atoms with Crippen molar-refractivity contribution in [2.24, 2.45) is 5.90 Å². The molecule has 0 aromatic carbocycles. The summed E-state index contributed by atoms with van der Waals surface area (Å²) >= 11 is 0. The Hall–Kier alpha value is -0.120. The largest absolute Gasteiger partial charge is 0.375 e. The Morgan fingerprint density at radius 2 is 1.62 bits per heavy atom. The number of hydrogen-bond donors (Lipinski definition) is 1. The van der Waals surface area contributed by atoms with Gasteiger partial charge in [0.1, 0.15) is 0 Å². The van der Waals surface area contributed by atoms with E-state index in [-0.39, 0.29) is 11.2 Å². The summed E-state index contributed by atoms with van der Waals surface area (Å²) in [7, 11) is 0. The fourth-order valence-electron chi connectivity index (χ4n) is 0.734. The molecule has 0 aromatic heterocycles. The summed E-state index contributed by atoms with van der Waals surface area (Å²) in [5.74, 6) is 5.13. The first-order chi connectivity index (χ1) is 5.83. The number of nitrogens with two attached hydrogens (primary N) is 1. The highest BCUT2D eigenvalue weighted by Crippen LogP contribution is 2.17. The van der Waals surface area contributed by atoms with Crippen LogP contribution in [0.4, 0.5) is 0 Å². The van der Waals surface area contributed by atoms with E-state index in [0.717, 1.165) is 12.8 Å². The molecule has 0 saturated heterocycles. The monoisotopic (exact) mass is 189 g/mol. The van der Waals surface area contributed by atoms with Gasteiger partial charge in [-0.05, 0) is 34.1 Å². The Balaban J connectivity index is 3.68. The molecule has 0 aliphatic heterocycles. The van der Waals surface area contributed by atoms with E-state index in [1.165, 1.54) is 0 Å². The van der Waals surface area contributed by atoms with Crippen molar-refractivity contribution in [1.82, 2.24) is 0 Å². The van der Waals surface area contributed by atoms with Crippen molar-refractivity contribution in [1.29, 1.82) is 0 Å². The van der Waals surface area contributed by atoms with Gasteiger partial charge in [0.2, 0.25) is 0 Å². The summed E-state index contributed by atoms with van der Waals surface area (Å²) < 4.78 is 5.68. The summed E-state index contributed by atoms with van der Waals surface area (Å²) in [5.41, 5.74) is -0.325. The molecule has 0 unspecified atom stereocenters. The van der Waals surface area contributed by atoms with Crippen molar-refractivity contribution in [3.8, 4) is 0 Å². The first-order valence-electron chi connectivity index (χ1n) is 4.85. The smallest absolute Gasteiger partial charge is 0.0859 e. The lowest BCUT2D eigenvalue weighted by Gasteiger charge is -2.27. The van der Waals surface area contributed by atoms with Gasteiger partial charge >= 0.3 is 0 Å². The van der Waals surface area contributed by atoms with Crippen LogP contribution in [0.1, 0.15) is 47.5 Å². The van der Waals surface area contributed by atoms with Crippen molar-refractivity contribution in [2.45, 2.75) is 58.7 Å². The second-order valence-corrected chi connectivity index (χ2v) is 4.59. The molecule has 3 nitrogen and oxygen atoms in total. The molecule has 2 N–H and O–H groups in total. The normalized spacial score (nSPS) is 13.4. The molecule has 0 aliphatic carbocycles. The van der Waals surface area contributed by atoms with E-state index in [9.17, 15) is 0 Å². The molecular weight excluding hydrogens is 166 g/mol. The van der Waals surface area contributed by atoms with Crippen LogP contribution in [0.5, 0.6) is 0 Å². The average Bonchev–Trinajstić information content (AvgIpc) is 2.04. The Morgan fingerprint density at radius 3 is 2.00 bits per heavy atom. The molecule has 0 spiro atoms. The summed E-state index contributed by atoms with van der Waals surface area (Å²) in [6.45, 7) is 10.9. The number of hydrogen-bond acceptors (Lipinski definition) is 3. The molecule has 13 heavy (non-hydrogen) atoms. The van der Waals surface area contributed by atoms with E-state index in [4.69, 9.17) is 15.5 Å². The van der Waals surface area contributed by atoms with Crippen LogP contribution in [0.2, 0.25) is 0 Å². The lowest BCUT2D eigenvalue weighted by Crippen LogP contribution is -2.32. The van der Waals surface area contributed by atoms with E-state index in [2.05, 4.69) is 20.8 Å². The lowest BCUT2D eigenvalue weighted by atomic mass is 10.0. The van der Waals surface area contributed by atoms with Crippen LogP contribution in [0.15, 0.2) is 0 Å². The van der Waals surface area contributed by atoms with Gasteiger partial charge in [-0.15, -0.1) is 0 Å². The summed E-state index contributed by atoms with van der Waals surface area (Å²) in [4.78, 5) is 4.81. The fraction of sp³-hybridized carbons (Fsp3) is 1.00. The molecule has 0 aromatic rings. The Bertz CT molecular complexity index is 128. The van der Waals surface area contributed by atoms with E-state index >= 15 is 0 Å². The van der Waals surface area contributed by atoms with Crippen molar-refractivity contribution < 1.29 is 9.57 Å². The third-order valence-corrected chi connectivity index (χ3v) is 2.37. The van der Waals surface area contributed by atoms with Crippen LogP contribution in [0.3, 0.4) is 0 Å². The van der Waals surface area contributed by atoms with Crippen molar-refractivity contribution in [2.75, 3.05) is 6.61 Å². The highest BCUT2D eigenvalue weighted by molar-refractivity contribution is 4.69. The maximum Gasteiger partial charge on any atom is 0.0859 e. The molecule has 0 atom stereocenters. The molecule has 0 aliphatic rings. The highest BCUT2D eigenvalue weighted by Gasteiger charge is 2.20. The predicted octanol–water partition coefficient (Wildman–Crippen LogP) is 2.25. The minimum absolute atomic E-state index is 0.0370. The van der Waals surface area contributed by atoms with Crippen LogP contribution >= 0.6 is 0 Å². The van der Waals surface area contributed by atoms with E-state index in [1.807, 2.05) is 13.8 Å². The van der Waals surface area contributed by atoms with Crippen molar-refractivity contribution >= 4 is 0 Å². The molecule has 0 saturated carbocycles. The molecule has 0 radical (unpaired) electrons. The van der Waals surface area contributed by atoms with Gasteiger partial charge in [-0.3, -0.25) is 4.84 Å². The van der Waals surface area contributed by atoms with Crippen LogP contribution < -0.4 is 5.90 Å². The first kappa shape index (κ1) is 12.9. The second-order valence-electron chi connectivity index (χ2n) is 4.59. The Morgan fingerprint density at radius 1 is 1.08 bits per heavy atom. The molecule has 0 bridgehead atoms. The quantitative estimate of drug-likeness (QED) is 0.652. The standard InChI is InChI=1S/C10H23NO2/c1-6-9(2,3)12-8-7-10(4,5)13-11/h6-8,11H2,1-5H3. The second kappa shape index (κ2) is 4.94. The molecular formula is C10H23NO2. The van der Waals surface area contributed by atoms with Crippen molar-refractivity contribution in [3.05, 3.63) is 0 Å². The van der Waals surface area contributed by atoms with Crippen LogP contribution in [-0.4, -0.2) is 17.8 Å². The third-order valence-electron chi connectivity index (χ3n) is 2.37. The van der Waals surface area contributed by atoms with Gasteiger partial charge in [-0.2, -0.15) is 0 Å². The highest BCUT2D eigenvalue weighted by atomic mass is 16.6. The zero-order valence-corrected chi connectivity index (χ0v) is 9.52. The van der Waals surface area contributed by atoms with Gasteiger partial charge in [0.25, 0.3) is 0 Å². The van der Waals surface area contributed by atoms with E-state index < -0.39 is 0 Å². The predicted molar refractivity (Wildman–Crippen MR) is 54.3 cm³/mol. The molecule has 80 valence electrons. The molecule has 0 fully saturated rings. The van der Waals surface area contributed by atoms with Gasteiger partial charge in [0, 0.05) is 6.42 Å². The van der Waals surface area contributed by atoms with Gasteiger partial charge in [-0.25, -0.2) is 5.90 Å². The Labute approximate surface area is 81.5 Å². The van der Waals surface area contributed by atoms with Crippen LogP contribution in [0.25, 0.3) is 0 Å². The molecule has 3 heteroatoms. The van der Waals surface area contributed by atoms with Crippen LogP contribution in [-0.2, 0) is 9.57 Å². The van der Waals surface area contributed by atoms with Gasteiger partial charge in [0.05, 0.1) is 17.8 Å². The lowest BCUT2D eigenvalue weighted by molar-refractivity contribution is -0.0743. The first-order valence-corrected chi connectivity index (χ1v) is 4.85. The zero-order chi connectivity index (χ0) is 10.5. The summed E-state index contributed by atoms with van der Waals surface area (Å²) in [6, 6.07) is 0. The Kier molecular flexibility index (Phi) is 4.89. The zero-order valence-electron chi connectivity index (χ0n) is 9.52. The SMILES string of the molecule is CCC(C)(C)OCCC(C)(C)ON. The third kappa shape index (κ3) is 6.02. The van der Waals surface area contributed by atoms with Gasteiger partial charge in [0.15, 0.2) is 0 Å². The molecule has 0 amide bonds. The van der Waals surface area contributed by atoms with Crippen LogP contribution in [0, 0.1) is 0 Å². The van der Waals surface area contributed by atoms with Gasteiger partial charge < -0.3 is 4.74 Å².